The summed E-state index contributed by atoms with van der Waals surface area (Å²) in [6.45, 7) is 3.82. The zero-order valence-electron chi connectivity index (χ0n) is 9.62. The Hall–Kier alpha value is -1.35. The van der Waals surface area contributed by atoms with Gasteiger partial charge in [0, 0.05) is 25.6 Å². The monoisotopic (exact) mass is 218 g/mol. The molecule has 16 heavy (non-hydrogen) atoms. The normalized spacial score (nSPS) is 19.8. The molecule has 1 unspecified atom stereocenters. The molecule has 1 aliphatic rings. The van der Waals surface area contributed by atoms with Crippen molar-refractivity contribution in [1.29, 1.82) is 0 Å². The Morgan fingerprint density at radius 2 is 2.12 bits per heavy atom. The van der Waals surface area contributed by atoms with Crippen LogP contribution in [-0.4, -0.2) is 18.5 Å². The summed E-state index contributed by atoms with van der Waals surface area (Å²) in [6, 6.07) is 8.83. The first-order valence-electron chi connectivity index (χ1n) is 5.79. The van der Waals surface area contributed by atoms with Crippen LogP contribution in [0.25, 0.3) is 0 Å². The van der Waals surface area contributed by atoms with Gasteiger partial charge in [0.05, 0.1) is 0 Å². The third-order valence-corrected chi connectivity index (χ3v) is 2.93. The summed E-state index contributed by atoms with van der Waals surface area (Å²) < 4.78 is 0. The van der Waals surface area contributed by atoms with E-state index in [4.69, 9.17) is 0 Å². The van der Waals surface area contributed by atoms with E-state index in [0.29, 0.717) is 12.5 Å². The lowest BCUT2D eigenvalue weighted by Gasteiger charge is -2.11. The fraction of sp³-hybridized carbons (Fsp3) is 0.462. The first kappa shape index (κ1) is 11.1. The van der Waals surface area contributed by atoms with Crippen LogP contribution in [0.2, 0.25) is 0 Å². The molecule has 1 saturated heterocycles. The van der Waals surface area contributed by atoms with Gasteiger partial charge in [-0.3, -0.25) is 4.79 Å². The van der Waals surface area contributed by atoms with E-state index in [1.165, 1.54) is 11.1 Å². The molecule has 86 valence electrons. The molecule has 0 bridgehead atoms. The quantitative estimate of drug-likeness (QED) is 0.801. The van der Waals surface area contributed by atoms with Gasteiger partial charge in [-0.2, -0.15) is 0 Å². The van der Waals surface area contributed by atoms with Crippen molar-refractivity contribution < 1.29 is 4.79 Å². The zero-order valence-corrected chi connectivity index (χ0v) is 9.62. The van der Waals surface area contributed by atoms with E-state index in [1.807, 2.05) is 0 Å². The minimum atomic E-state index is 0.183. The smallest absolute Gasteiger partial charge is 0.220 e. The summed E-state index contributed by atoms with van der Waals surface area (Å²) in [5.41, 5.74) is 2.57. The van der Waals surface area contributed by atoms with Crippen LogP contribution in [0.5, 0.6) is 0 Å². The van der Waals surface area contributed by atoms with Gasteiger partial charge in [0.25, 0.3) is 0 Å². The summed E-state index contributed by atoms with van der Waals surface area (Å²) in [6.07, 6.45) is 1.64. The molecule has 1 heterocycles. The van der Waals surface area contributed by atoms with Gasteiger partial charge in [-0.1, -0.05) is 29.8 Å². The van der Waals surface area contributed by atoms with Crippen molar-refractivity contribution in [2.75, 3.05) is 6.54 Å². The molecule has 1 fully saturated rings. The average molecular weight is 218 g/mol. The van der Waals surface area contributed by atoms with Gasteiger partial charge < -0.3 is 10.6 Å². The second-order valence-corrected chi connectivity index (χ2v) is 4.42. The molecule has 3 nitrogen and oxygen atoms in total. The molecule has 2 rings (SSSR count). The molecule has 3 heteroatoms. The van der Waals surface area contributed by atoms with Gasteiger partial charge in [0.2, 0.25) is 5.91 Å². The Morgan fingerprint density at radius 3 is 2.75 bits per heavy atom. The van der Waals surface area contributed by atoms with E-state index in [2.05, 4.69) is 41.8 Å². The maximum Gasteiger partial charge on any atom is 0.220 e. The Kier molecular flexibility index (Phi) is 3.57. The van der Waals surface area contributed by atoms with Crippen molar-refractivity contribution >= 4 is 5.91 Å². The predicted molar refractivity (Wildman–Crippen MR) is 64.1 cm³/mol. The Morgan fingerprint density at radius 1 is 1.38 bits per heavy atom. The van der Waals surface area contributed by atoms with E-state index in [9.17, 15) is 4.79 Å². The minimum Gasteiger partial charge on any atom is -0.352 e. The SMILES string of the molecule is Cc1ccc(CNCC2CCC(=O)N2)cc1. The van der Waals surface area contributed by atoms with Gasteiger partial charge in [-0.05, 0) is 18.9 Å². The average Bonchev–Trinajstić information content (AvgIpc) is 2.67. The molecular formula is C13H18N2O. The number of rotatable bonds is 4. The highest BCUT2D eigenvalue weighted by atomic mass is 16.1. The first-order valence-corrected chi connectivity index (χ1v) is 5.79. The van der Waals surface area contributed by atoms with Gasteiger partial charge in [0.15, 0.2) is 0 Å². The van der Waals surface area contributed by atoms with Crippen LogP contribution in [0, 0.1) is 6.92 Å². The van der Waals surface area contributed by atoms with Crippen molar-refractivity contribution in [3.05, 3.63) is 35.4 Å². The lowest BCUT2D eigenvalue weighted by Crippen LogP contribution is -2.35. The Labute approximate surface area is 96.2 Å². The van der Waals surface area contributed by atoms with Crippen LogP contribution >= 0.6 is 0 Å². The molecule has 1 aromatic rings. The van der Waals surface area contributed by atoms with Crippen LogP contribution in [0.3, 0.4) is 0 Å². The van der Waals surface area contributed by atoms with Crippen LogP contribution in [0.4, 0.5) is 0 Å². The number of benzene rings is 1. The largest absolute Gasteiger partial charge is 0.352 e. The van der Waals surface area contributed by atoms with Crippen molar-refractivity contribution in [3.63, 3.8) is 0 Å². The molecule has 2 N–H and O–H groups in total. The summed E-state index contributed by atoms with van der Waals surface area (Å²) in [7, 11) is 0. The van der Waals surface area contributed by atoms with Gasteiger partial charge in [-0.15, -0.1) is 0 Å². The van der Waals surface area contributed by atoms with Crippen molar-refractivity contribution in [3.8, 4) is 0 Å². The molecule has 0 aromatic heterocycles. The molecule has 0 radical (unpaired) electrons. The van der Waals surface area contributed by atoms with E-state index >= 15 is 0 Å². The van der Waals surface area contributed by atoms with Crippen molar-refractivity contribution in [1.82, 2.24) is 10.6 Å². The van der Waals surface area contributed by atoms with E-state index < -0.39 is 0 Å². The van der Waals surface area contributed by atoms with E-state index in [-0.39, 0.29) is 5.91 Å². The second kappa shape index (κ2) is 5.12. The van der Waals surface area contributed by atoms with Crippen molar-refractivity contribution in [2.45, 2.75) is 32.4 Å². The van der Waals surface area contributed by atoms with Crippen LogP contribution in [0.1, 0.15) is 24.0 Å². The van der Waals surface area contributed by atoms with Gasteiger partial charge in [-0.25, -0.2) is 0 Å². The lowest BCUT2D eigenvalue weighted by atomic mass is 10.1. The molecular weight excluding hydrogens is 200 g/mol. The number of carbonyl (C=O) groups excluding carboxylic acids is 1. The fourth-order valence-electron chi connectivity index (χ4n) is 1.93. The summed E-state index contributed by atoms with van der Waals surface area (Å²) in [5.74, 6) is 0.183. The van der Waals surface area contributed by atoms with E-state index in [0.717, 1.165) is 19.5 Å². The number of nitrogens with one attached hydrogen (secondary N) is 2. The number of carbonyl (C=O) groups is 1. The molecule has 0 saturated carbocycles. The molecule has 1 aromatic carbocycles. The molecule has 0 spiro atoms. The standard InChI is InChI=1S/C13H18N2O/c1-10-2-4-11(5-3-10)8-14-9-12-6-7-13(16)15-12/h2-5,12,14H,6-9H2,1H3,(H,15,16). The highest BCUT2D eigenvalue weighted by Gasteiger charge is 2.19. The summed E-state index contributed by atoms with van der Waals surface area (Å²) >= 11 is 0. The summed E-state index contributed by atoms with van der Waals surface area (Å²) in [4.78, 5) is 11.0. The third-order valence-electron chi connectivity index (χ3n) is 2.93. The number of hydrogen-bond acceptors (Lipinski definition) is 2. The maximum atomic E-state index is 11.0. The highest BCUT2D eigenvalue weighted by Crippen LogP contribution is 2.06. The molecule has 1 atom stereocenters. The number of hydrogen-bond donors (Lipinski definition) is 2. The molecule has 1 aliphatic heterocycles. The first-order chi connectivity index (χ1) is 7.74. The third kappa shape index (κ3) is 3.07. The maximum absolute atomic E-state index is 11.0. The van der Waals surface area contributed by atoms with Crippen LogP contribution < -0.4 is 10.6 Å². The summed E-state index contributed by atoms with van der Waals surface area (Å²) in [5, 5.41) is 6.32. The minimum absolute atomic E-state index is 0.183. The Balaban J connectivity index is 1.72. The highest BCUT2D eigenvalue weighted by molar-refractivity contribution is 5.78. The van der Waals surface area contributed by atoms with Crippen LogP contribution in [-0.2, 0) is 11.3 Å². The number of amides is 1. The topological polar surface area (TPSA) is 41.1 Å². The number of aryl methyl sites for hydroxylation is 1. The van der Waals surface area contributed by atoms with Gasteiger partial charge in [0.1, 0.15) is 0 Å². The van der Waals surface area contributed by atoms with Crippen LogP contribution in [0.15, 0.2) is 24.3 Å². The second-order valence-electron chi connectivity index (χ2n) is 4.42. The fourth-order valence-corrected chi connectivity index (χ4v) is 1.93. The van der Waals surface area contributed by atoms with Gasteiger partial charge >= 0.3 is 0 Å². The zero-order chi connectivity index (χ0) is 11.4. The van der Waals surface area contributed by atoms with Crippen molar-refractivity contribution in [2.24, 2.45) is 0 Å². The predicted octanol–water partition coefficient (Wildman–Crippen LogP) is 1.36. The lowest BCUT2D eigenvalue weighted by molar-refractivity contribution is -0.119. The Bertz CT molecular complexity index is 359. The molecule has 1 amide bonds. The van der Waals surface area contributed by atoms with E-state index in [1.54, 1.807) is 0 Å². The molecule has 0 aliphatic carbocycles.